The Morgan fingerprint density at radius 2 is 1.89 bits per heavy atom. The Kier molecular flexibility index (Phi) is 4.92. The summed E-state index contributed by atoms with van der Waals surface area (Å²) in [6.45, 7) is 3.17. The van der Waals surface area contributed by atoms with Crippen LogP contribution in [0.2, 0.25) is 0 Å². The van der Waals surface area contributed by atoms with Crippen LogP contribution in [0.25, 0.3) is 0 Å². The third-order valence-electron chi connectivity index (χ3n) is 2.29. The molecule has 1 N–H and O–H groups in total. The van der Waals surface area contributed by atoms with Crippen molar-refractivity contribution < 1.29 is 14.3 Å². The van der Waals surface area contributed by atoms with Gasteiger partial charge in [0.25, 0.3) is 5.91 Å². The van der Waals surface area contributed by atoms with E-state index in [2.05, 4.69) is 41.9 Å². The van der Waals surface area contributed by atoms with Crippen molar-refractivity contribution in [3.63, 3.8) is 0 Å². The molecule has 6 heteroatoms. The van der Waals surface area contributed by atoms with E-state index in [-0.39, 0.29) is 5.91 Å². The lowest BCUT2D eigenvalue weighted by Gasteiger charge is -2.23. The normalized spacial score (nSPS) is 10.9. The molecular formula is C12H13Br2NO3. The van der Waals surface area contributed by atoms with E-state index in [1.807, 2.05) is 6.07 Å². The van der Waals surface area contributed by atoms with Crippen LogP contribution in [0.4, 0.5) is 0 Å². The van der Waals surface area contributed by atoms with Gasteiger partial charge in [-0.1, -0.05) is 15.9 Å². The molecule has 0 saturated heterocycles. The van der Waals surface area contributed by atoms with E-state index in [9.17, 15) is 9.59 Å². The minimum absolute atomic E-state index is 0.349. The highest BCUT2D eigenvalue weighted by Crippen LogP contribution is 2.22. The molecule has 0 aliphatic heterocycles. The number of amides is 1. The Balaban J connectivity index is 2.95. The van der Waals surface area contributed by atoms with Crippen LogP contribution in [0, 0.1) is 0 Å². The number of hydrogen-bond acceptors (Lipinski definition) is 3. The van der Waals surface area contributed by atoms with Gasteiger partial charge < -0.3 is 10.1 Å². The zero-order chi connectivity index (χ0) is 13.9. The summed E-state index contributed by atoms with van der Waals surface area (Å²) >= 11 is 6.59. The maximum absolute atomic E-state index is 12.1. The van der Waals surface area contributed by atoms with Crippen LogP contribution >= 0.6 is 31.9 Å². The molecule has 0 aromatic heterocycles. The fourth-order valence-corrected chi connectivity index (χ4v) is 2.12. The molecule has 4 nitrogen and oxygen atoms in total. The monoisotopic (exact) mass is 377 g/mol. The summed E-state index contributed by atoms with van der Waals surface area (Å²) in [5, 5.41) is 2.63. The second-order valence-electron chi connectivity index (χ2n) is 4.19. The summed E-state index contributed by atoms with van der Waals surface area (Å²) in [6.07, 6.45) is 0. The summed E-state index contributed by atoms with van der Waals surface area (Å²) in [5.41, 5.74) is -0.630. The molecule has 0 aliphatic carbocycles. The average molecular weight is 379 g/mol. The molecule has 0 saturated carbocycles. The Labute approximate surface area is 122 Å². The molecule has 1 aromatic carbocycles. The molecular weight excluding hydrogens is 366 g/mol. The van der Waals surface area contributed by atoms with Crippen LogP contribution in [0.15, 0.2) is 27.1 Å². The summed E-state index contributed by atoms with van der Waals surface area (Å²) in [7, 11) is 1.28. The smallest absolute Gasteiger partial charge is 0.330 e. The van der Waals surface area contributed by atoms with Crippen LogP contribution < -0.4 is 5.32 Å². The lowest BCUT2D eigenvalue weighted by Crippen LogP contribution is -2.50. The van der Waals surface area contributed by atoms with Gasteiger partial charge in [0.2, 0.25) is 0 Å². The van der Waals surface area contributed by atoms with Crippen LogP contribution in [-0.4, -0.2) is 24.5 Å². The first-order valence-corrected chi connectivity index (χ1v) is 6.72. The Morgan fingerprint density at radius 3 is 2.44 bits per heavy atom. The molecule has 98 valence electrons. The first-order valence-electron chi connectivity index (χ1n) is 5.14. The van der Waals surface area contributed by atoms with E-state index < -0.39 is 11.5 Å². The minimum atomic E-state index is -1.08. The standard InChI is InChI=1S/C12H13Br2NO3/c1-12(2,11(17)18-3)15-10(16)8-6-7(13)4-5-9(8)14/h4-6H,1-3H3,(H,15,16). The highest BCUT2D eigenvalue weighted by molar-refractivity contribution is 9.11. The quantitative estimate of drug-likeness (QED) is 0.822. The van der Waals surface area contributed by atoms with Gasteiger partial charge in [0, 0.05) is 8.95 Å². The Hall–Kier alpha value is -0.880. The highest BCUT2D eigenvalue weighted by Gasteiger charge is 2.31. The van der Waals surface area contributed by atoms with Crippen LogP contribution in [0.3, 0.4) is 0 Å². The topological polar surface area (TPSA) is 55.4 Å². The van der Waals surface area contributed by atoms with Gasteiger partial charge in [-0.15, -0.1) is 0 Å². The van der Waals surface area contributed by atoms with Crippen molar-refractivity contribution in [3.8, 4) is 0 Å². The molecule has 0 heterocycles. The molecule has 0 atom stereocenters. The van der Waals surface area contributed by atoms with E-state index in [4.69, 9.17) is 0 Å². The van der Waals surface area contributed by atoms with Gasteiger partial charge in [-0.05, 0) is 48.0 Å². The summed E-state index contributed by atoms with van der Waals surface area (Å²) in [6, 6.07) is 5.24. The second-order valence-corrected chi connectivity index (χ2v) is 5.96. The number of rotatable bonds is 3. The number of esters is 1. The number of halogens is 2. The molecule has 0 spiro atoms. The van der Waals surface area contributed by atoms with Gasteiger partial charge in [0.15, 0.2) is 0 Å². The van der Waals surface area contributed by atoms with E-state index in [0.29, 0.717) is 10.0 Å². The number of hydrogen-bond donors (Lipinski definition) is 1. The van der Waals surface area contributed by atoms with Gasteiger partial charge in [-0.3, -0.25) is 4.79 Å². The Bertz CT molecular complexity index is 486. The zero-order valence-electron chi connectivity index (χ0n) is 10.2. The number of methoxy groups -OCH3 is 1. The molecule has 0 radical (unpaired) electrons. The third kappa shape index (κ3) is 3.55. The van der Waals surface area contributed by atoms with Crippen molar-refractivity contribution >= 4 is 43.7 Å². The van der Waals surface area contributed by atoms with E-state index in [1.165, 1.54) is 7.11 Å². The van der Waals surface area contributed by atoms with Gasteiger partial charge in [0.05, 0.1) is 12.7 Å². The number of carbonyl (C=O) groups excluding carboxylic acids is 2. The molecule has 0 aliphatic rings. The molecule has 18 heavy (non-hydrogen) atoms. The maximum atomic E-state index is 12.1. The number of nitrogens with one attached hydrogen (secondary N) is 1. The lowest BCUT2D eigenvalue weighted by atomic mass is 10.1. The first kappa shape index (κ1) is 15.2. The SMILES string of the molecule is COC(=O)C(C)(C)NC(=O)c1cc(Br)ccc1Br. The first-order chi connectivity index (χ1) is 8.27. The number of benzene rings is 1. The third-order valence-corrected chi connectivity index (χ3v) is 3.48. The summed E-state index contributed by atoms with van der Waals surface area (Å²) < 4.78 is 6.07. The zero-order valence-corrected chi connectivity index (χ0v) is 13.4. The van der Waals surface area contributed by atoms with Crippen LogP contribution in [0.5, 0.6) is 0 Å². The number of carbonyl (C=O) groups is 2. The predicted molar refractivity (Wildman–Crippen MR) is 75.4 cm³/mol. The summed E-state index contributed by atoms with van der Waals surface area (Å²) in [4.78, 5) is 23.6. The molecule has 0 unspecified atom stereocenters. The van der Waals surface area contributed by atoms with Crippen molar-refractivity contribution in [2.45, 2.75) is 19.4 Å². The predicted octanol–water partition coefficient (Wildman–Crippen LogP) is 2.89. The Morgan fingerprint density at radius 1 is 1.28 bits per heavy atom. The molecule has 1 rings (SSSR count). The summed E-state index contributed by atoms with van der Waals surface area (Å²) in [5.74, 6) is -0.847. The largest absolute Gasteiger partial charge is 0.467 e. The van der Waals surface area contributed by atoms with E-state index in [0.717, 1.165) is 4.47 Å². The van der Waals surface area contributed by atoms with Gasteiger partial charge in [-0.25, -0.2) is 4.79 Å². The van der Waals surface area contributed by atoms with Crippen LogP contribution in [0.1, 0.15) is 24.2 Å². The highest BCUT2D eigenvalue weighted by atomic mass is 79.9. The molecule has 0 bridgehead atoms. The fraction of sp³-hybridized carbons (Fsp3) is 0.333. The van der Waals surface area contributed by atoms with Crippen LogP contribution in [-0.2, 0) is 9.53 Å². The molecule has 0 fully saturated rings. The molecule has 1 amide bonds. The number of ether oxygens (including phenoxy) is 1. The molecule has 1 aromatic rings. The average Bonchev–Trinajstić information content (AvgIpc) is 2.30. The van der Waals surface area contributed by atoms with Gasteiger partial charge >= 0.3 is 5.97 Å². The van der Waals surface area contributed by atoms with Crippen molar-refractivity contribution in [3.05, 3.63) is 32.7 Å². The van der Waals surface area contributed by atoms with E-state index in [1.54, 1.807) is 26.0 Å². The van der Waals surface area contributed by atoms with Crippen molar-refractivity contribution in [1.29, 1.82) is 0 Å². The van der Waals surface area contributed by atoms with Crippen molar-refractivity contribution in [2.75, 3.05) is 7.11 Å². The van der Waals surface area contributed by atoms with Gasteiger partial charge in [-0.2, -0.15) is 0 Å². The second kappa shape index (κ2) is 5.84. The maximum Gasteiger partial charge on any atom is 0.330 e. The van der Waals surface area contributed by atoms with Gasteiger partial charge in [0.1, 0.15) is 5.54 Å². The fourth-order valence-electron chi connectivity index (χ4n) is 1.33. The minimum Gasteiger partial charge on any atom is -0.467 e. The van der Waals surface area contributed by atoms with E-state index >= 15 is 0 Å². The van der Waals surface area contributed by atoms with Crippen molar-refractivity contribution in [2.24, 2.45) is 0 Å². The van der Waals surface area contributed by atoms with Crippen molar-refractivity contribution in [1.82, 2.24) is 5.32 Å². The lowest BCUT2D eigenvalue weighted by molar-refractivity contribution is -0.146.